The molecule has 0 spiro atoms. The SMILES string of the molecule is C=C1COCCN1c1ccc(Nc2ncc(F)c(Nc3ccc4c(n3)NC(=O)C(C)(C)O4)n2)cn1. The van der Waals surface area contributed by atoms with Crippen LogP contribution in [0.5, 0.6) is 5.75 Å². The fourth-order valence-corrected chi connectivity index (χ4v) is 3.51. The largest absolute Gasteiger partial charge is 0.474 e. The molecule has 2 aliphatic heterocycles. The number of fused-ring (bicyclic) bond motifs is 1. The molecule has 0 atom stereocenters. The van der Waals surface area contributed by atoms with Gasteiger partial charge in [-0.25, -0.2) is 19.3 Å². The van der Waals surface area contributed by atoms with Gasteiger partial charge in [0.25, 0.3) is 5.91 Å². The summed E-state index contributed by atoms with van der Waals surface area (Å²) in [6, 6.07) is 6.90. The van der Waals surface area contributed by atoms with Crippen LogP contribution < -0.4 is 25.6 Å². The van der Waals surface area contributed by atoms with Crippen molar-refractivity contribution >= 4 is 40.8 Å². The summed E-state index contributed by atoms with van der Waals surface area (Å²) in [5, 5.41) is 8.51. The molecule has 35 heavy (non-hydrogen) atoms. The molecule has 5 heterocycles. The van der Waals surface area contributed by atoms with Gasteiger partial charge in [0.2, 0.25) is 5.95 Å². The third-order valence-electron chi connectivity index (χ3n) is 5.38. The van der Waals surface area contributed by atoms with Crippen LogP contribution in [0.4, 0.5) is 39.3 Å². The fraction of sp³-hybridized carbons (Fsp3) is 0.261. The van der Waals surface area contributed by atoms with Crippen molar-refractivity contribution in [2.24, 2.45) is 0 Å². The molecule has 1 amide bonds. The quantitative estimate of drug-likeness (QED) is 0.502. The Balaban J connectivity index is 1.30. The summed E-state index contributed by atoms with van der Waals surface area (Å²) in [6.45, 7) is 9.07. The number of carbonyl (C=O) groups excluding carboxylic acids is 1. The van der Waals surface area contributed by atoms with E-state index >= 15 is 0 Å². The molecule has 180 valence electrons. The predicted octanol–water partition coefficient (Wildman–Crippen LogP) is 3.35. The summed E-state index contributed by atoms with van der Waals surface area (Å²) in [5.41, 5.74) is 0.457. The standard InChI is InChI=1S/C23H23FN8O3/c1-13-12-34-9-8-32(13)18-7-4-14(10-25-18)27-22-26-11-15(24)19(31-22)28-17-6-5-16-20(29-17)30-21(33)23(2,3)35-16/h4-7,10-11H,1,8-9,12H2,2-3H3,(H3,26,27,28,29,30,31,33). The Morgan fingerprint density at radius 1 is 1.14 bits per heavy atom. The number of halogens is 1. The van der Waals surface area contributed by atoms with Crippen LogP contribution in [0.1, 0.15) is 13.8 Å². The molecule has 1 fully saturated rings. The third-order valence-corrected chi connectivity index (χ3v) is 5.38. The Morgan fingerprint density at radius 2 is 2.00 bits per heavy atom. The van der Waals surface area contributed by atoms with Crippen LogP contribution in [0, 0.1) is 5.82 Å². The second kappa shape index (κ2) is 8.80. The normalized spacial score (nSPS) is 16.7. The lowest BCUT2D eigenvalue weighted by Crippen LogP contribution is -2.46. The van der Waals surface area contributed by atoms with Crippen molar-refractivity contribution in [2.45, 2.75) is 19.4 Å². The van der Waals surface area contributed by atoms with Crippen LogP contribution in [0.25, 0.3) is 0 Å². The lowest BCUT2D eigenvalue weighted by atomic mass is 10.1. The number of aromatic nitrogens is 4. The number of nitrogens with zero attached hydrogens (tertiary/aromatic N) is 5. The average molecular weight is 478 g/mol. The average Bonchev–Trinajstić information content (AvgIpc) is 2.83. The van der Waals surface area contributed by atoms with Crippen LogP contribution in [-0.4, -0.2) is 51.2 Å². The minimum Gasteiger partial charge on any atom is -0.474 e. The summed E-state index contributed by atoms with van der Waals surface area (Å²) in [5.74, 6) is 0.756. The molecule has 2 aliphatic rings. The summed E-state index contributed by atoms with van der Waals surface area (Å²) < 4.78 is 25.5. The van der Waals surface area contributed by atoms with E-state index in [0.717, 1.165) is 17.7 Å². The van der Waals surface area contributed by atoms with Gasteiger partial charge in [-0.3, -0.25) is 4.79 Å². The maximum absolute atomic E-state index is 14.4. The minimum absolute atomic E-state index is 0.0903. The van der Waals surface area contributed by atoms with Gasteiger partial charge in [-0.2, -0.15) is 4.98 Å². The van der Waals surface area contributed by atoms with E-state index in [-0.39, 0.29) is 29.3 Å². The van der Waals surface area contributed by atoms with E-state index in [9.17, 15) is 9.18 Å². The number of pyridine rings is 2. The smallest absolute Gasteiger partial charge is 0.269 e. The lowest BCUT2D eigenvalue weighted by Gasteiger charge is -2.30. The number of hydrogen-bond donors (Lipinski definition) is 3. The molecule has 0 saturated carbocycles. The molecule has 3 aromatic heterocycles. The van der Waals surface area contributed by atoms with E-state index in [1.165, 1.54) is 0 Å². The number of anilines is 6. The Hall–Kier alpha value is -4.32. The van der Waals surface area contributed by atoms with Crippen molar-refractivity contribution in [3.05, 3.63) is 54.8 Å². The molecule has 0 radical (unpaired) electrons. The number of morpholine rings is 1. The molecule has 3 N–H and O–H groups in total. The van der Waals surface area contributed by atoms with E-state index < -0.39 is 11.4 Å². The molecule has 11 nitrogen and oxygen atoms in total. The van der Waals surface area contributed by atoms with Crippen molar-refractivity contribution in [3.63, 3.8) is 0 Å². The number of rotatable bonds is 5. The predicted molar refractivity (Wildman–Crippen MR) is 128 cm³/mol. The lowest BCUT2D eigenvalue weighted by molar-refractivity contribution is -0.129. The van der Waals surface area contributed by atoms with Crippen LogP contribution in [-0.2, 0) is 9.53 Å². The zero-order valence-corrected chi connectivity index (χ0v) is 19.1. The number of ether oxygens (including phenoxy) is 2. The van der Waals surface area contributed by atoms with Crippen molar-refractivity contribution in [1.29, 1.82) is 0 Å². The van der Waals surface area contributed by atoms with Crippen LogP contribution in [0.3, 0.4) is 0 Å². The summed E-state index contributed by atoms with van der Waals surface area (Å²) >= 11 is 0. The molecule has 3 aromatic rings. The molecular weight excluding hydrogens is 455 g/mol. The maximum Gasteiger partial charge on any atom is 0.269 e. The highest BCUT2D eigenvalue weighted by atomic mass is 19.1. The van der Waals surface area contributed by atoms with Gasteiger partial charge in [0.1, 0.15) is 11.6 Å². The summed E-state index contributed by atoms with van der Waals surface area (Å²) in [7, 11) is 0. The van der Waals surface area contributed by atoms with Crippen molar-refractivity contribution < 1.29 is 18.7 Å². The zero-order chi connectivity index (χ0) is 24.6. The van der Waals surface area contributed by atoms with Gasteiger partial charge in [0.05, 0.1) is 31.3 Å². The summed E-state index contributed by atoms with van der Waals surface area (Å²) in [6.07, 6.45) is 2.68. The molecule has 5 rings (SSSR count). The van der Waals surface area contributed by atoms with Gasteiger partial charge in [-0.15, -0.1) is 0 Å². The topological polar surface area (TPSA) is 126 Å². The van der Waals surface area contributed by atoms with Crippen molar-refractivity contribution in [1.82, 2.24) is 19.9 Å². The van der Waals surface area contributed by atoms with E-state index in [1.807, 2.05) is 17.0 Å². The van der Waals surface area contributed by atoms with E-state index in [1.54, 1.807) is 32.2 Å². The number of carbonyl (C=O) groups is 1. The Labute approximate surface area is 200 Å². The van der Waals surface area contributed by atoms with Gasteiger partial charge in [-0.05, 0) is 38.1 Å². The van der Waals surface area contributed by atoms with E-state index in [4.69, 9.17) is 9.47 Å². The minimum atomic E-state index is -1.01. The highest BCUT2D eigenvalue weighted by Crippen LogP contribution is 2.33. The molecule has 12 heteroatoms. The fourth-order valence-electron chi connectivity index (χ4n) is 3.51. The van der Waals surface area contributed by atoms with Gasteiger partial charge in [0.15, 0.2) is 28.8 Å². The van der Waals surface area contributed by atoms with Crippen molar-refractivity contribution in [3.8, 4) is 5.75 Å². The first-order valence-corrected chi connectivity index (χ1v) is 10.9. The Kier molecular flexibility index (Phi) is 5.65. The van der Waals surface area contributed by atoms with Gasteiger partial charge in [-0.1, -0.05) is 6.58 Å². The number of amides is 1. The monoisotopic (exact) mass is 478 g/mol. The maximum atomic E-state index is 14.4. The van der Waals surface area contributed by atoms with Crippen molar-refractivity contribution in [2.75, 3.05) is 40.6 Å². The van der Waals surface area contributed by atoms with Crippen LogP contribution in [0.2, 0.25) is 0 Å². The number of hydrogen-bond acceptors (Lipinski definition) is 10. The van der Waals surface area contributed by atoms with E-state index in [0.29, 0.717) is 31.2 Å². The first-order chi connectivity index (χ1) is 16.8. The molecule has 0 unspecified atom stereocenters. The molecule has 0 bridgehead atoms. The first-order valence-electron chi connectivity index (χ1n) is 10.9. The Bertz CT molecular complexity index is 1300. The molecule has 0 aromatic carbocycles. The zero-order valence-electron chi connectivity index (χ0n) is 19.1. The van der Waals surface area contributed by atoms with Crippen LogP contribution in [0.15, 0.2) is 48.9 Å². The van der Waals surface area contributed by atoms with Gasteiger partial charge >= 0.3 is 0 Å². The second-order valence-corrected chi connectivity index (χ2v) is 8.43. The van der Waals surface area contributed by atoms with Gasteiger partial charge in [0, 0.05) is 12.2 Å². The Morgan fingerprint density at radius 3 is 2.77 bits per heavy atom. The summed E-state index contributed by atoms with van der Waals surface area (Å²) in [4.78, 5) is 31.1. The molecule has 0 aliphatic carbocycles. The van der Waals surface area contributed by atoms with E-state index in [2.05, 4.69) is 42.5 Å². The second-order valence-electron chi connectivity index (χ2n) is 8.43. The number of nitrogens with one attached hydrogen (secondary N) is 3. The molecule has 1 saturated heterocycles. The molecular formula is C23H23FN8O3. The first kappa shape index (κ1) is 22.5. The third kappa shape index (κ3) is 4.68. The highest BCUT2D eigenvalue weighted by molar-refractivity contribution is 5.99. The van der Waals surface area contributed by atoms with Crippen LogP contribution >= 0.6 is 0 Å². The van der Waals surface area contributed by atoms with Gasteiger partial charge < -0.3 is 30.3 Å². The highest BCUT2D eigenvalue weighted by Gasteiger charge is 2.36.